The number of ether oxygens (including phenoxy) is 2. The third-order valence-electron chi connectivity index (χ3n) is 7.16. The van der Waals surface area contributed by atoms with Crippen molar-refractivity contribution in [3.8, 4) is 5.75 Å². The van der Waals surface area contributed by atoms with Gasteiger partial charge in [-0.1, -0.05) is 18.2 Å². The molecule has 0 radical (unpaired) electrons. The van der Waals surface area contributed by atoms with Crippen molar-refractivity contribution in [1.29, 1.82) is 0 Å². The van der Waals surface area contributed by atoms with Crippen LogP contribution in [0.25, 0.3) is 0 Å². The molecule has 32 heavy (non-hydrogen) atoms. The van der Waals surface area contributed by atoms with Crippen LogP contribution < -0.4 is 15.4 Å². The maximum atomic E-state index is 12.0. The Morgan fingerprint density at radius 1 is 1.12 bits per heavy atom. The highest BCUT2D eigenvalue weighted by molar-refractivity contribution is 5.85. The van der Waals surface area contributed by atoms with Gasteiger partial charge in [-0.25, -0.2) is 4.79 Å². The van der Waals surface area contributed by atoms with E-state index in [0.717, 1.165) is 63.5 Å². The molecular weight excluding hydrogens is 432 g/mol. The van der Waals surface area contributed by atoms with Gasteiger partial charge in [0.25, 0.3) is 0 Å². The van der Waals surface area contributed by atoms with Gasteiger partial charge in [-0.2, -0.15) is 0 Å². The Balaban J connectivity index is 0.00000289. The van der Waals surface area contributed by atoms with E-state index in [1.807, 2.05) is 24.3 Å². The molecule has 1 saturated carbocycles. The molecule has 1 aromatic carbocycles. The van der Waals surface area contributed by atoms with E-state index in [4.69, 9.17) is 14.6 Å². The summed E-state index contributed by atoms with van der Waals surface area (Å²) in [6.45, 7) is 1.29. The number of aliphatic carboxylic acids is 1. The van der Waals surface area contributed by atoms with Crippen LogP contribution in [0.15, 0.2) is 24.3 Å². The molecule has 178 valence electrons. The second-order valence-electron chi connectivity index (χ2n) is 9.20. The molecule has 2 aliphatic heterocycles. The zero-order chi connectivity index (χ0) is 21.7. The predicted molar refractivity (Wildman–Crippen MR) is 124 cm³/mol. The molecule has 2 heterocycles. The van der Waals surface area contributed by atoms with Gasteiger partial charge >= 0.3 is 5.97 Å². The molecule has 3 aliphatic rings. The fraction of sp³-hybridized carbons (Fsp3) is 0.667. The second kappa shape index (κ2) is 11.3. The van der Waals surface area contributed by atoms with E-state index in [9.17, 15) is 9.59 Å². The second-order valence-corrected chi connectivity index (χ2v) is 9.20. The molecule has 0 unspecified atom stereocenters. The predicted octanol–water partition coefficient (Wildman–Crippen LogP) is 3.41. The largest absolute Gasteiger partial charge is 0.482 e. The number of hydrogen-bond acceptors (Lipinski definition) is 5. The van der Waals surface area contributed by atoms with Gasteiger partial charge in [-0.05, 0) is 75.5 Å². The highest BCUT2D eigenvalue weighted by Crippen LogP contribution is 2.39. The van der Waals surface area contributed by atoms with Crippen molar-refractivity contribution in [1.82, 2.24) is 10.6 Å². The number of carbonyl (C=O) groups is 2. The third kappa shape index (κ3) is 5.94. The Kier molecular flexibility index (Phi) is 8.79. The molecule has 4 rings (SSSR count). The highest BCUT2D eigenvalue weighted by Gasteiger charge is 2.44. The topological polar surface area (TPSA) is 96.9 Å². The van der Waals surface area contributed by atoms with Crippen molar-refractivity contribution in [2.24, 2.45) is 0 Å². The number of nitrogens with one attached hydrogen (secondary N) is 2. The normalized spacial score (nSPS) is 30.2. The van der Waals surface area contributed by atoms with Gasteiger partial charge in [0.1, 0.15) is 5.75 Å². The van der Waals surface area contributed by atoms with Crippen LogP contribution in [0, 0.1) is 0 Å². The summed E-state index contributed by atoms with van der Waals surface area (Å²) >= 11 is 0. The Bertz CT molecular complexity index is 779. The maximum Gasteiger partial charge on any atom is 0.341 e. The molecule has 1 aliphatic carbocycles. The summed E-state index contributed by atoms with van der Waals surface area (Å²) in [6.07, 6.45) is 8.91. The summed E-state index contributed by atoms with van der Waals surface area (Å²) in [5.41, 5.74) is 0.950. The van der Waals surface area contributed by atoms with Crippen LogP contribution >= 0.6 is 12.4 Å². The number of carbonyl (C=O) groups excluding carboxylic acids is 1. The maximum absolute atomic E-state index is 12.0. The summed E-state index contributed by atoms with van der Waals surface area (Å²) in [5.74, 6) is 0.247. The first-order valence-corrected chi connectivity index (χ1v) is 11.7. The van der Waals surface area contributed by atoms with Crippen LogP contribution in [0.5, 0.6) is 5.75 Å². The van der Waals surface area contributed by atoms with Gasteiger partial charge in [-0.15, -0.1) is 12.4 Å². The lowest BCUT2D eigenvalue weighted by Gasteiger charge is -2.47. The monoisotopic (exact) mass is 466 g/mol. The fourth-order valence-corrected chi connectivity index (χ4v) is 5.55. The number of carboxylic acid groups (broad SMARTS) is 1. The van der Waals surface area contributed by atoms with Crippen molar-refractivity contribution in [3.05, 3.63) is 29.8 Å². The lowest BCUT2D eigenvalue weighted by Crippen LogP contribution is -2.67. The van der Waals surface area contributed by atoms with E-state index in [0.29, 0.717) is 24.7 Å². The van der Waals surface area contributed by atoms with Crippen molar-refractivity contribution in [3.63, 3.8) is 0 Å². The molecule has 0 bridgehead atoms. The molecule has 3 fully saturated rings. The lowest BCUT2D eigenvalue weighted by atomic mass is 9.76. The van der Waals surface area contributed by atoms with Gasteiger partial charge in [0.2, 0.25) is 5.91 Å². The van der Waals surface area contributed by atoms with Crippen molar-refractivity contribution < 1.29 is 24.2 Å². The molecule has 0 aromatic heterocycles. The summed E-state index contributed by atoms with van der Waals surface area (Å²) < 4.78 is 11.9. The molecule has 7 nitrogen and oxygen atoms in total. The lowest BCUT2D eigenvalue weighted by molar-refractivity contribution is -0.139. The van der Waals surface area contributed by atoms with Crippen LogP contribution in [0.3, 0.4) is 0 Å². The number of carboxylic acids is 1. The third-order valence-corrected chi connectivity index (χ3v) is 7.16. The number of hydrogen-bond donors (Lipinski definition) is 3. The zero-order valence-corrected chi connectivity index (χ0v) is 19.3. The van der Waals surface area contributed by atoms with Gasteiger partial charge in [0, 0.05) is 6.42 Å². The van der Waals surface area contributed by atoms with Crippen molar-refractivity contribution in [2.75, 3.05) is 19.8 Å². The van der Waals surface area contributed by atoms with Crippen LogP contribution in [-0.2, 0) is 14.3 Å². The van der Waals surface area contributed by atoms with Gasteiger partial charge in [-0.3, -0.25) is 4.79 Å². The van der Waals surface area contributed by atoms with Crippen LogP contribution in [0.2, 0.25) is 0 Å². The first-order valence-electron chi connectivity index (χ1n) is 11.7. The minimum atomic E-state index is -0.963. The first-order chi connectivity index (χ1) is 15.1. The first kappa shape index (κ1) is 24.8. The average molecular weight is 467 g/mol. The highest BCUT2D eigenvalue weighted by atomic mass is 35.5. The summed E-state index contributed by atoms with van der Waals surface area (Å²) in [6, 6.07) is 7.94. The summed E-state index contributed by atoms with van der Waals surface area (Å²) in [5, 5.41) is 15.8. The summed E-state index contributed by atoms with van der Waals surface area (Å²) in [4.78, 5) is 22.9. The SMILES string of the molecule is Cl.O=C(O)COc1ccccc1C1CCC(OC[C@@H]2NCCC[C@@]23CCCC(=O)N3)CC1. The molecule has 2 saturated heterocycles. The number of halogens is 1. The van der Waals surface area contributed by atoms with Crippen molar-refractivity contribution >= 4 is 24.3 Å². The van der Waals surface area contributed by atoms with Gasteiger partial charge in [0.05, 0.1) is 24.3 Å². The number of piperidine rings is 2. The van der Waals surface area contributed by atoms with Crippen LogP contribution in [-0.4, -0.2) is 54.4 Å². The molecule has 3 N–H and O–H groups in total. The van der Waals surface area contributed by atoms with E-state index in [-0.39, 0.29) is 42.6 Å². The van der Waals surface area contributed by atoms with E-state index in [1.54, 1.807) is 0 Å². The van der Waals surface area contributed by atoms with Crippen molar-refractivity contribution in [2.45, 2.75) is 81.4 Å². The molecular formula is C24H35ClN2O5. The average Bonchev–Trinajstić information content (AvgIpc) is 2.78. The Morgan fingerprint density at radius 3 is 2.62 bits per heavy atom. The number of amides is 1. The molecule has 1 amide bonds. The quantitative estimate of drug-likeness (QED) is 0.569. The number of rotatable bonds is 7. The van der Waals surface area contributed by atoms with E-state index in [2.05, 4.69) is 10.6 Å². The minimum absolute atomic E-state index is 0. The smallest absolute Gasteiger partial charge is 0.341 e. The summed E-state index contributed by atoms with van der Waals surface area (Å²) in [7, 11) is 0. The van der Waals surface area contributed by atoms with E-state index >= 15 is 0 Å². The zero-order valence-electron chi connectivity index (χ0n) is 18.5. The molecule has 1 aromatic rings. The molecule has 2 atom stereocenters. The molecule has 1 spiro atoms. The standard InChI is InChI=1S/C24H34N2O5.ClH/c27-22-7-3-12-24(26-22)13-4-14-25-21(24)15-30-18-10-8-17(9-11-18)19-5-1-2-6-20(19)31-16-23(28)29;/h1-2,5-6,17-18,21,25H,3-4,7-16H2,(H,26,27)(H,28,29);1H/t17?,18?,21-,24-;/m0./s1. The van der Waals surface area contributed by atoms with Gasteiger partial charge < -0.3 is 25.2 Å². The van der Waals surface area contributed by atoms with E-state index < -0.39 is 5.97 Å². The Morgan fingerprint density at radius 2 is 1.88 bits per heavy atom. The number of para-hydroxylation sites is 1. The Hall–Kier alpha value is -1.83. The van der Waals surface area contributed by atoms with Gasteiger partial charge in [0.15, 0.2) is 6.61 Å². The fourth-order valence-electron chi connectivity index (χ4n) is 5.55. The van der Waals surface area contributed by atoms with E-state index in [1.165, 1.54) is 0 Å². The Labute approximate surface area is 196 Å². The van der Waals surface area contributed by atoms with Crippen LogP contribution in [0.4, 0.5) is 0 Å². The van der Waals surface area contributed by atoms with Crippen LogP contribution in [0.1, 0.15) is 69.3 Å². The number of benzene rings is 1. The minimum Gasteiger partial charge on any atom is -0.482 e. The molecule has 8 heteroatoms.